The molecule has 1 aromatic carbocycles. The number of aryl methyl sites for hydroxylation is 1. The van der Waals surface area contributed by atoms with E-state index in [9.17, 15) is 14.4 Å². The van der Waals surface area contributed by atoms with Crippen LogP contribution < -0.4 is 0 Å². The van der Waals surface area contributed by atoms with E-state index in [2.05, 4.69) is 10.1 Å². The summed E-state index contributed by atoms with van der Waals surface area (Å²) in [5, 5.41) is 3.83. The highest BCUT2D eigenvalue weighted by Gasteiger charge is 2.40. The predicted molar refractivity (Wildman–Crippen MR) is 108 cm³/mol. The van der Waals surface area contributed by atoms with Gasteiger partial charge in [0.15, 0.2) is 5.82 Å². The number of amides is 3. The van der Waals surface area contributed by atoms with Crippen molar-refractivity contribution < 1.29 is 18.9 Å². The summed E-state index contributed by atoms with van der Waals surface area (Å²) in [6.07, 6.45) is 1.78. The minimum Gasteiger partial charge on any atom is -0.340 e. The fourth-order valence-electron chi connectivity index (χ4n) is 3.49. The summed E-state index contributed by atoms with van der Waals surface area (Å²) in [4.78, 5) is 47.5. The predicted octanol–water partition coefficient (Wildman–Crippen LogP) is 1.55. The molecule has 2 heterocycles. The molecule has 2 aromatic rings. The van der Waals surface area contributed by atoms with E-state index in [4.69, 9.17) is 4.52 Å². The van der Waals surface area contributed by atoms with Crippen molar-refractivity contribution in [3.8, 4) is 0 Å². The Morgan fingerprint density at radius 3 is 2.57 bits per heavy atom. The van der Waals surface area contributed by atoms with Gasteiger partial charge in [-0.2, -0.15) is 4.98 Å². The molecule has 3 rings (SSSR count). The molecule has 1 atom stereocenters. The van der Waals surface area contributed by atoms with Crippen LogP contribution in [0.1, 0.15) is 43.1 Å². The zero-order valence-corrected chi connectivity index (χ0v) is 17.6. The van der Waals surface area contributed by atoms with Gasteiger partial charge in [0.1, 0.15) is 6.04 Å². The maximum atomic E-state index is 13.4. The van der Waals surface area contributed by atoms with Crippen molar-refractivity contribution in [2.75, 3.05) is 26.7 Å². The van der Waals surface area contributed by atoms with Crippen LogP contribution in [0.25, 0.3) is 0 Å². The third-order valence-electron chi connectivity index (χ3n) is 5.11. The number of hydrogen-bond acceptors (Lipinski definition) is 6. The zero-order chi connectivity index (χ0) is 21.7. The van der Waals surface area contributed by atoms with Gasteiger partial charge in [0.05, 0.1) is 6.54 Å². The zero-order valence-electron chi connectivity index (χ0n) is 17.6. The largest absolute Gasteiger partial charge is 0.340 e. The number of nitrogens with zero attached hydrogens (tertiary/aromatic N) is 5. The van der Waals surface area contributed by atoms with Crippen LogP contribution in [0.3, 0.4) is 0 Å². The average Bonchev–Trinajstić information content (AvgIpc) is 3.16. The van der Waals surface area contributed by atoms with E-state index in [1.165, 1.54) is 9.80 Å². The normalized spacial score (nSPS) is 15.4. The molecule has 0 saturated carbocycles. The second-order valence-electron chi connectivity index (χ2n) is 7.38. The number of likely N-dealkylation sites (N-methyl/N-ethyl adjacent to an activating group) is 1. The fourth-order valence-corrected chi connectivity index (χ4v) is 3.49. The molecule has 1 aliphatic rings. The van der Waals surface area contributed by atoms with E-state index in [1.54, 1.807) is 31.0 Å². The van der Waals surface area contributed by atoms with Crippen molar-refractivity contribution in [2.24, 2.45) is 0 Å². The second-order valence-corrected chi connectivity index (χ2v) is 7.38. The SMILES string of the molecule is CCCCN1CCN(C(C(=O)N(C)Cc2noc(C)n2)c2ccccc2)C(=O)C1=O. The molecule has 9 heteroatoms. The van der Waals surface area contributed by atoms with Crippen molar-refractivity contribution in [3.63, 3.8) is 0 Å². The summed E-state index contributed by atoms with van der Waals surface area (Å²) in [5.74, 6) is -0.730. The van der Waals surface area contributed by atoms with Gasteiger partial charge in [-0.05, 0) is 12.0 Å². The van der Waals surface area contributed by atoms with Crippen LogP contribution in [0.5, 0.6) is 0 Å². The first kappa shape index (κ1) is 21.5. The van der Waals surface area contributed by atoms with Crippen molar-refractivity contribution in [2.45, 2.75) is 39.3 Å². The summed E-state index contributed by atoms with van der Waals surface area (Å²) in [6, 6.07) is 8.14. The van der Waals surface area contributed by atoms with E-state index in [0.717, 1.165) is 12.8 Å². The van der Waals surface area contributed by atoms with Gasteiger partial charge in [-0.3, -0.25) is 14.4 Å². The number of unbranched alkanes of at least 4 members (excludes halogenated alkanes) is 1. The molecule has 0 N–H and O–H groups in total. The van der Waals surface area contributed by atoms with Crippen LogP contribution in [0, 0.1) is 6.92 Å². The maximum absolute atomic E-state index is 13.4. The minimum absolute atomic E-state index is 0.137. The van der Waals surface area contributed by atoms with Gasteiger partial charge in [-0.1, -0.05) is 48.8 Å². The van der Waals surface area contributed by atoms with E-state index < -0.39 is 17.9 Å². The van der Waals surface area contributed by atoms with Crippen molar-refractivity contribution in [1.82, 2.24) is 24.8 Å². The van der Waals surface area contributed by atoms with Crippen LogP contribution in [0.15, 0.2) is 34.9 Å². The van der Waals surface area contributed by atoms with E-state index in [0.29, 0.717) is 36.9 Å². The van der Waals surface area contributed by atoms with Gasteiger partial charge < -0.3 is 19.2 Å². The molecule has 1 saturated heterocycles. The van der Waals surface area contributed by atoms with Gasteiger partial charge in [0, 0.05) is 33.6 Å². The molecule has 1 aromatic heterocycles. The van der Waals surface area contributed by atoms with Crippen LogP contribution in [0.4, 0.5) is 0 Å². The van der Waals surface area contributed by atoms with Crippen molar-refractivity contribution in [3.05, 3.63) is 47.6 Å². The molecule has 3 amide bonds. The molecule has 30 heavy (non-hydrogen) atoms. The molecular weight excluding hydrogens is 386 g/mol. The van der Waals surface area contributed by atoms with Gasteiger partial charge in [0.25, 0.3) is 0 Å². The highest BCUT2D eigenvalue weighted by atomic mass is 16.5. The third-order valence-corrected chi connectivity index (χ3v) is 5.11. The molecule has 0 spiro atoms. The number of piperazine rings is 1. The van der Waals surface area contributed by atoms with Crippen LogP contribution >= 0.6 is 0 Å². The monoisotopic (exact) mass is 413 g/mol. The maximum Gasteiger partial charge on any atom is 0.313 e. The lowest BCUT2D eigenvalue weighted by Gasteiger charge is -2.39. The number of carbonyl (C=O) groups excluding carboxylic acids is 3. The molecule has 0 bridgehead atoms. The average molecular weight is 413 g/mol. The Bertz CT molecular complexity index is 898. The lowest BCUT2D eigenvalue weighted by atomic mass is 10.0. The van der Waals surface area contributed by atoms with Crippen LogP contribution in [-0.2, 0) is 20.9 Å². The Hall–Kier alpha value is -3.23. The number of hydrogen-bond donors (Lipinski definition) is 0. The summed E-state index contributed by atoms with van der Waals surface area (Å²) < 4.78 is 4.97. The number of carbonyl (C=O) groups is 3. The Labute approximate surface area is 175 Å². The molecule has 0 radical (unpaired) electrons. The Morgan fingerprint density at radius 2 is 1.93 bits per heavy atom. The van der Waals surface area contributed by atoms with Crippen molar-refractivity contribution >= 4 is 17.7 Å². The van der Waals surface area contributed by atoms with E-state index in [-0.39, 0.29) is 12.5 Å². The Kier molecular flexibility index (Phi) is 6.81. The molecule has 0 aliphatic carbocycles. The quantitative estimate of drug-likeness (QED) is 0.609. The molecule has 160 valence electrons. The van der Waals surface area contributed by atoms with Gasteiger partial charge in [-0.15, -0.1) is 0 Å². The summed E-state index contributed by atoms with van der Waals surface area (Å²) >= 11 is 0. The topological polar surface area (TPSA) is 99.8 Å². The molecule has 1 aliphatic heterocycles. The second kappa shape index (κ2) is 9.51. The smallest absolute Gasteiger partial charge is 0.313 e. The molecule has 9 nitrogen and oxygen atoms in total. The molecular formula is C21H27N5O4. The minimum atomic E-state index is -0.894. The Balaban J connectivity index is 1.83. The first-order chi connectivity index (χ1) is 14.4. The number of benzene rings is 1. The van der Waals surface area contributed by atoms with Gasteiger partial charge in [0.2, 0.25) is 11.8 Å². The van der Waals surface area contributed by atoms with E-state index in [1.807, 2.05) is 25.1 Å². The lowest BCUT2D eigenvalue weighted by Crippen LogP contribution is -2.57. The first-order valence-electron chi connectivity index (χ1n) is 10.1. The summed E-state index contributed by atoms with van der Waals surface area (Å²) in [7, 11) is 1.62. The third kappa shape index (κ3) is 4.67. The fraction of sp³-hybridized carbons (Fsp3) is 0.476. The van der Waals surface area contributed by atoms with E-state index >= 15 is 0 Å². The highest BCUT2D eigenvalue weighted by Crippen LogP contribution is 2.26. The van der Waals surface area contributed by atoms with Gasteiger partial charge >= 0.3 is 11.8 Å². The van der Waals surface area contributed by atoms with Crippen LogP contribution in [-0.4, -0.2) is 69.2 Å². The Morgan fingerprint density at radius 1 is 1.20 bits per heavy atom. The van der Waals surface area contributed by atoms with Crippen LogP contribution in [0.2, 0.25) is 0 Å². The molecule has 1 fully saturated rings. The van der Waals surface area contributed by atoms with Gasteiger partial charge in [-0.25, -0.2) is 0 Å². The number of aromatic nitrogens is 2. The highest BCUT2D eigenvalue weighted by molar-refractivity contribution is 6.35. The summed E-state index contributed by atoms with van der Waals surface area (Å²) in [6.45, 7) is 5.11. The molecule has 1 unspecified atom stereocenters. The first-order valence-corrected chi connectivity index (χ1v) is 10.1. The number of rotatable bonds is 8. The lowest BCUT2D eigenvalue weighted by molar-refractivity contribution is -0.161. The standard InChI is InChI=1S/C21H27N5O4/c1-4-5-11-25-12-13-26(21(29)20(25)28)18(16-9-7-6-8-10-16)19(27)24(3)14-17-22-15(2)30-23-17/h6-10,18H,4-5,11-14H2,1-3H3. The summed E-state index contributed by atoms with van der Waals surface area (Å²) in [5.41, 5.74) is 0.654. The van der Waals surface area contributed by atoms with Crippen molar-refractivity contribution in [1.29, 1.82) is 0 Å².